The highest BCUT2D eigenvalue weighted by atomic mass is 35.5. The molecule has 0 aliphatic carbocycles. The van der Waals surface area contributed by atoms with Crippen LogP contribution in [0.5, 0.6) is 0 Å². The molecule has 5 nitrogen and oxygen atoms in total. The number of carboxylic acids is 1. The van der Waals surface area contributed by atoms with Crippen LogP contribution in [0.15, 0.2) is 34.2 Å². The van der Waals surface area contributed by atoms with E-state index in [-0.39, 0.29) is 10.1 Å². The fourth-order valence-corrected chi connectivity index (χ4v) is 2.52. The number of amides is 1. The molecule has 0 aromatic heterocycles. The van der Waals surface area contributed by atoms with Crippen LogP contribution >= 0.6 is 35.0 Å². The normalized spacial score (nSPS) is 18.9. The van der Waals surface area contributed by atoms with Gasteiger partial charge in [0.05, 0.1) is 15.6 Å². The van der Waals surface area contributed by atoms with E-state index in [1.807, 2.05) is 0 Å². The number of aliphatic imine (C=N–C) groups is 1. The van der Waals surface area contributed by atoms with Gasteiger partial charge in [-0.3, -0.25) is 4.79 Å². The molecular weight excluding hydrogens is 311 g/mol. The van der Waals surface area contributed by atoms with Crippen LogP contribution in [0.25, 0.3) is 0 Å². The van der Waals surface area contributed by atoms with Gasteiger partial charge in [-0.25, -0.2) is 9.79 Å². The molecule has 2 rings (SSSR count). The SMILES string of the molecule is O=C(O)/C=C1\SC(=Nc2ccc(Cl)cc2Cl)NC1=O. The van der Waals surface area contributed by atoms with Gasteiger partial charge in [-0.05, 0) is 30.0 Å². The van der Waals surface area contributed by atoms with Gasteiger partial charge in [-0.1, -0.05) is 23.2 Å². The molecular formula is C11H6Cl2N2O3S. The fourth-order valence-electron chi connectivity index (χ4n) is 1.27. The monoisotopic (exact) mass is 316 g/mol. The molecule has 0 unspecified atom stereocenters. The topological polar surface area (TPSA) is 78.8 Å². The summed E-state index contributed by atoms with van der Waals surface area (Å²) in [5.41, 5.74) is 0.436. The summed E-state index contributed by atoms with van der Waals surface area (Å²) in [4.78, 5) is 26.2. The average molecular weight is 317 g/mol. The van der Waals surface area contributed by atoms with E-state index in [4.69, 9.17) is 28.3 Å². The summed E-state index contributed by atoms with van der Waals surface area (Å²) in [5, 5.41) is 12.1. The Bertz CT molecular complexity index is 628. The van der Waals surface area contributed by atoms with Crippen LogP contribution in [0, 0.1) is 0 Å². The van der Waals surface area contributed by atoms with Crippen LogP contribution < -0.4 is 5.32 Å². The molecule has 1 aliphatic heterocycles. The maximum atomic E-state index is 11.5. The minimum Gasteiger partial charge on any atom is -0.478 e. The van der Waals surface area contributed by atoms with E-state index < -0.39 is 11.9 Å². The van der Waals surface area contributed by atoms with Crippen molar-refractivity contribution in [3.05, 3.63) is 39.2 Å². The highest BCUT2D eigenvalue weighted by Gasteiger charge is 2.24. The Morgan fingerprint density at radius 1 is 1.42 bits per heavy atom. The molecule has 2 N–H and O–H groups in total. The van der Waals surface area contributed by atoms with Gasteiger partial charge in [0.2, 0.25) is 0 Å². The Balaban J connectivity index is 2.27. The lowest BCUT2D eigenvalue weighted by Crippen LogP contribution is -2.19. The number of amidine groups is 1. The molecule has 1 amide bonds. The van der Waals surface area contributed by atoms with Crippen molar-refractivity contribution >= 4 is 57.7 Å². The minimum atomic E-state index is -1.19. The number of benzene rings is 1. The zero-order valence-electron chi connectivity index (χ0n) is 9.18. The molecule has 98 valence electrons. The van der Waals surface area contributed by atoms with Gasteiger partial charge >= 0.3 is 5.97 Å². The Labute approximate surface area is 122 Å². The van der Waals surface area contributed by atoms with Crippen LogP contribution in [0.3, 0.4) is 0 Å². The van der Waals surface area contributed by atoms with Crippen molar-refractivity contribution in [3.63, 3.8) is 0 Å². The summed E-state index contributed by atoms with van der Waals surface area (Å²) in [6.45, 7) is 0. The summed E-state index contributed by atoms with van der Waals surface area (Å²) < 4.78 is 0. The number of carbonyl (C=O) groups is 2. The standard InChI is InChI=1S/C11H6Cl2N2O3S/c12-5-1-2-7(6(13)3-5)14-11-15-10(18)8(19-11)4-9(16)17/h1-4H,(H,16,17)(H,14,15,18)/b8-4-. The first-order valence-electron chi connectivity index (χ1n) is 4.93. The number of aliphatic carboxylic acids is 1. The first kappa shape index (κ1) is 13.9. The van der Waals surface area contributed by atoms with E-state index in [1.54, 1.807) is 12.1 Å². The maximum absolute atomic E-state index is 11.5. The number of nitrogens with zero attached hydrogens (tertiary/aromatic N) is 1. The quantitative estimate of drug-likeness (QED) is 0.822. The molecule has 0 atom stereocenters. The summed E-state index contributed by atoms with van der Waals surface area (Å²) in [6.07, 6.45) is 0.825. The van der Waals surface area contributed by atoms with Gasteiger partial charge in [0.1, 0.15) is 0 Å². The van der Waals surface area contributed by atoms with E-state index in [2.05, 4.69) is 10.3 Å². The van der Waals surface area contributed by atoms with Crippen molar-refractivity contribution in [1.82, 2.24) is 5.32 Å². The zero-order valence-corrected chi connectivity index (χ0v) is 11.5. The number of hydrogen-bond donors (Lipinski definition) is 2. The second-order valence-corrected chi connectivity index (χ2v) is 5.29. The lowest BCUT2D eigenvalue weighted by molar-refractivity contribution is -0.131. The van der Waals surface area contributed by atoms with Gasteiger partial charge < -0.3 is 10.4 Å². The lowest BCUT2D eigenvalue weighted by atomic mass is 10.3. The highest BCUT2D eigenvalue weighted by molar-refractivity contribution is 8.18. The van der Waals surface area contributed by atoms with E-state index in [9.17, 15) is 9.59 Å². The molecule has 1 aromatic rings. The molecule has 1 fully saturated rings. The third-order valence-electron chi connectivity index (χ3n) is 2.04. The van der Waals surface area contributed by atoms with Gasteiger partial charge in [0.15, 0.2) is 5.17 Å². The Hall–Kier alpha value is -1.50. The van der Waals surface area contributed by atoms with E-state index in [1.165, 1.54) is 6.07 Å². The van der Waals surface area contributed by atoms with E-state index in [0.717, 1.165) is 17.8 Å². The Kier molecular flexibility index (Phi) is 4.14. The molecule has 1 aromatic carbocycles. The second-order valence-electron chi connectivity index (χ2n) is 3.42. The van der Waals surface area contributed by atoms with E-state index in [0.29, 0.717) is 15.7 Å². The number of hydrogen-bond acceptors (Lipinski definition) is 4. The minimum absolute atomic E-state index is 0.0661. The predicted octanol–water partition coefficient (Wildman–Crippen LogP) is 2.81. The highest BCUT2D eigenvalue weighted by Crippen LogP contribution is 2.31. The van der Waals surface area contributed by atoms with Crippen molar-refractivity contribution in [2.75, 3.05) is 0 Å². The largest absolute Gasteiger partial charge is 0.478 e. The number of carbonyl (C=O) groups excluding carboxylic acids is 1. The Morgan fingerprint density at radius 3 is 2.79 bits per heavy atom. The van der Waals surface area contributed by atoms with Gasteiger partial charge in [-0.2, -0.15) is 0 Å². The molecule has 1 aliphatic rings. The number of thioether (sulfide) groups is 1. The summed E-state index contributed by atoms with van der Waals surface area (Å²) in [5.74, 6) is -1.69. The average Bonchev–Trinajstić information content (AvgIpc) is 2.62. The molecule has 0 bridgehead atoms. The summed E-state index contributed by atoms with van der Waals surface area (Å²) in [7, 11) is 0. The fraction of sp³-hybridized carbons (Fsp3) is 0. The van der Waals surface area contributed by atoms with Crippen molar-refractivity contribution in [3.8, 4) is 0 Å². The van der Waals surface area contributed by atoms with Crippen molar-refractivity contribution in [1.29, 1.82) is 0 Å². The molecule has 0 spiro atoms. The third kappa shape index (κ3) is 3.50. The van der Waals surface area contributed by atoms with Crippen molar-refractivity contribution in [2.45, 2.75) is 0 Å². The molecule has 1 heterocycles. The maximum Gasteiger partial charge on any atom is 0.329 e. The predicted molar refractivity (Wildman–Crippen MR) is 75.0 cm³/mol. The third-order valence-corrected chi connectivity index (χ3v) is 3.48. The van der Waals surface area contributed by atoms with Crippen LogP contribution in [-0.2, 0) is 9.59 Å². The van der Waals surface area contributed by atoms with Gasteiger partial charge in [0.25, 0.3) is 5.91 Å². The van der Waals surface area contributed by atoms with Crippen LogP contribution in [0.2, 0.25) is 10.0 Å². The first-order chi connectivity index (χ1) is 8.95. The number of rotatable bonds is 2. The second kappa shape index (κ2) is 5.64. The lowest BCUT2D eigenvalue weighted by Gasteiger charge is -1.99. The molecule has 1 saturated heterocycles. The van der Waals surface area contributed by atoms with E-state index >= 15 is 0 Å². The Morgan fingerprint density at radius 2 is 2.16 bits per heavy atom. The first-order valence-corrected chi connectivity index (χ1v) is 6.50. The van der Waals surface area contributed by atoms with Crippen LogP contribution in [0.1, 0.15) is 0 Å². The molecule has 8 heteroatoms. The zero-order chi connectivity index (χ0) is 14.0. The van der Waals surface area contributed by atoms with Crippen LogP contribution in [0.4, 0.5) is 5.69 Å². The summed E-state index contributed by atoms with van der Waals surface area (Å²) in [6, 6.07) is 4.74. The smallest absolute Gasteiger partial charge is 0.329 e. The molecule has 19 heavy (non-hydrogen) atoms. The van der Waals surface area contributed by atoms with Crippen molar-refractivity contribution in [2.24, 2.45) is 4.99 Å². The van der Waals surface area contributed by atoms with Gasteiger partial charge in [0, 0.05) is 11.1 Å². The molecule has 0 radical (unpaired) electrons. The number of halogens is 2. The van der Waals surface area contributed by atoms with Gasteiger partial charge in [-0.15, -0.1) is 0 Å². The number of carboxylic acid groups (broad SMARTS) is 1. The molecule has 0 saturated carbocycles. The number of nitrogens with one attached hydrogen (secondary N) is 1. The van der Waals surface area contributed by atoms with Crippen LogP contribution in [-0.4, -0.2) is 22.2 Å². The summed E-state index contributed by atoms with van der Waals surface area (Å²) >= 11 is 12.6. The van der Waals surface area contributed by atoms with Crippen molar-refractivity contribution < 1.29 is 14.7 Å².